The average molecular weight is 415 g/mol. The van der Waals surface area contributed by atoms with Gasteiger partial charge in [0.15, 0.2) is 0 Å². The number of anilines is 1. The second-order valence-electron chi connectivity index (χ2n) is 6.80. The Labute approximate surface area is 166 Å². The van der Waals surface area contributed by atoms with Crippen molar-refractivity contribution in [2.75, 3.05) is 38.6 Å². The fourth-order valence-electron chi connectivity index (χ4n) is 3.21. The molecule has 1 N–H and O–H groups in total. The zero-order valence-corrected chi connectivity index (χ0v) is 16.3. The third kappa shape index (κ3) is 6.37. The van der Waals surface area contributed by atoms with Gasteiger partial charge in [0.25, 0.3) is 0 Å². The molecule has 1 atom stereocenters. The maximum atomic E-state index is 12.8. The highest BCUT2D eigenvalue weighted by atomic mass is 19.4. The Bertz CT molecular complexity index is 754. The first kappa shape index (κ1) is 22.5. The first-order valence-corrected chi connectivity index (χ1v) is 9.20. The summed E-state index contributed by atoms with van der Waals surface area (Å²) in [5, 5.41) is 2.66. The highest BCUT2D eigenvalue weighted by Gasteiger charge is 2.41. The summed E-state index contributed by atoms with van der Waals surface area (Å²) in [4.78, 5) is 38.9. The molecule has 0 bridgehead atoms. The number of likely N-dealkylation sites (tertiary alicyclic amines) is 1. The lowest BCUT2D eigenvalue weighted by Crippen LogP contribution is -2.43. The summed E-state index contributed by atoms with van der Waals surface area (Å²) in [6, 6.07) is 6.77. The molecule has 10 heteroatoms. The molecule has 0 saturated carbocycles. The van der Waals surface area contributed by atoms with Crippen LogP contribution in [-0.4, -0.2) is 67.0 Å². The summed E-state index contributed by atoms with van der Waals surface area (Å²) >= 11 is 0. The van der Waals surface area contributed by atoms with Crippen molar-refractivity contribution < 1.29 is 32.3 Å². The number of carbonyl (C=O) groups excluding carboxylic acids is 3. The molecule has 3 amide bonds. The summed E-state index contributed by atoms with van der Waals surface area (Å²) in [6.45, 7) is 0.119. The van der Waals surface area contributed by atoms with Gasteiger partial charge in [0.05, 0.1) is 25.3 Å². The van der Waals surface area contributed by atoms with Gasteiger partial charge in [0.1, 0.15) is 12.3 Å². The minimum Gasteiger partial charge on any atom is -0.495 e. The van der Waals surface area contributed by atoms with Gasteiger partial charge in [-0.05, 0) is 18.6 Å². The molecule has 0 aromatic heterocycles. The first-order valence-electron chi connectivity index (χ1n) is 9.20. The van der Waals surface area contributed by atoms with Crippen molar-refractivity contribution in [2.24, 2.45) is 5.92 Å². The minimum atomic E-state index is -4.52. The van der Waals surface area contributed by atoms with E-state index in [9.17, 15) is 27.6 Å². The lowest BCUT2D eigenvalue weighted by Gasteiger charge is -2.25. The normalized spacial score (nSPS) is 16.7. The number of halogens is 3. The molecule has 29 heavy (non-hydrogen) atoms. The van der Waals surface area contributed by atoms with E-state index in [1.165, 1.54) is 12.0 Å². The average Bonchev–Trinajstić information content (AvgIpc) is 3.00. The largest absolute Gasteiger partial charge is 0.495 e. The fraction of sp³-hybridized carbons (Fsp3) is 0.526. The van der Waals surface area contributed by atoms with Crippen LogP contribution in [0.3, 0.4) is 0 Å². The Morgan fingerprint density at radius 2 is 2.00 bits per heavy atom. The number of ether oxygens (including phenoxy) is 1. The molecule has 1 aliphatic heterocycles. The smallest absolute Gasteiger partial charge is 0.406 e. The van der Waals surface area contributed by atoms with Gasteiger partial charge in [0, 0.05) is 19.5 Å². The molecule has 0 aliphatic carbocycles. The topological polar surface area (TPSA) is 79.0 Å². The van der Waals surface area contributed by atoms with E-state index >= 15 is 0 Å². The number of hydrogen-bond acceptors (Lipinski definition) is 4. The van der Waals surface area contributed by atoms with Crippen LogP contribution in [0.4, 0.5) is 18.9 Å². The molecule has 2 rings (SSSR count). The van der Waals surface area contributed by atoms with E-state index in [0.29, 0.717) is 22.8 Å². The summed E-state index contributed by atoms with van der Waals surface area (Å²) in [6.07, 6.45) is -4.25. The second-order valence-corrected chi connectivity index (χ2v) is 6.80. The molecule has 0 spiro atoms. The predicted octanol–water partition coefficient (Wildman–Crippen LogP) is 2.28. The van der Waals surface area contributed by atoms with Crippen LogP contribution in [0.1, 0.15) is 19.8 Å². The van der Waals surface area contributed by atoms with E-state index < -0.39 is 36.4 Å². The third-order valence-electron chi connectivity index (χ3n) is 4.45. The fourth-order valence-corrected chi connectivity index (χ4v) is 3.21. The number of hydrogen-bond donors (Lipinski definition) is 1. The van der Waals surface area contributed by atoms with Crippen LogP contribution in [0.15, 0.2) is 24.3 Å². The van der Waals surface area contributed by atoms with E-state index in [1.807, 2.05) is 6.92 Å². The van der Waals surface area contributed by atoms with Crippen molar-refractivity contribution in [3.05, 3.63) is 24.3 Å². The van der Waals surface area contributed by atoms with Crippen LogP contribution < -0.4 is 10.1 Å². The molecule has 1 heterocycles. The van der Waals surface area contributed by atoms with Crippen LogP contribution in [-0.2, 0) is 14.4 Å². The highest BCUT2D eigenvalue weighted by molar-refractivity contribution is 5.97. The number of para-hydroxylation sites is 2. The minimum absolute atomic E-state index is 0.252. The predicted molar refractivity (Wildman–Crippen MR) is 99.2 cm³/mol. The van der Waals surface area contributed by atoms with Crippen LogP contribution in [0, 0.1) is 5.92 Å². The van der Waals surface area contributed by atoms with Gasteiger partial charge in [0.2, 0.25) is 17.7 Å². The van der Waals surface area contributed by atoms with E-state index in [2.05, 4.69) is 5.32 Å². The molecule has 7 nitrogen and oxygen atoms in total. The van der Waals surface area contributed by atoms with Crippen LogP contribution in [0.5, 0.6) is 5.75 Å². The number of benzene rings is 1. The zero-order chi connectivity index (χ0) is 21.6. The summed E-state index contributed by atoms with van der Waals surface area (Å²) in [7, 11) is 1.46. The Balaban J connectivity index is 2.02. The van der Waals surface area contributed by atoms with Gasteiger partial charge in [-0.2, -0.15) is 13.2 Å². The summed E-state index contributed by atoms with van der Waals surface area (Å²) in [5.74, 6) is -2.11. The standard InChI is InChI=1S/C19H24F3N3O4/c1-3-8-24(11-16(26)23-14-6-4-5-7-15(14)29-2)18(28)13-9-17(27)25(10-13)12-19(20,21)22/h4-7,13H,3,8-12H2,1-2H3,(H,23,26). The number of alkyl halides is 3. The van der Waals surface area contributed by atoms with E-state index in [0.717, 1.165) is 0 Å². The number of carbonyl (C=O) groups is 3. The lowest BCUT2D eigenvalue weighted by atomic mass is 10.1. The van der Waals surface area contributed by atoms with Crippen molar-refractivity contribution in [2.45, 2.75) is 25.9 Å². The molecule has 1 aromatic rings. The highest BCUT2D eigenvalue weighted by Crippen LogP contribution is 2.26. The van der Waals surface area contributed by atoms with E-state index in [4.69, 9.17) is 4.74 Å². The van der Waals surface area contributed by atoms with Gasteiger partial charge in [-0.15, -0.1) is 0 Å². The number of rotatable bonds is 8. The van der Waals surface area contributed by atoms with Gasteiger partial charge in [-0.1, -0.05) is 19.1 Å². The van der Waals surface area contributed by atoms with Gasteiger partial charge >= 0.3 is 6.18 Å². The Kier molecular flexibility index (Phi) is 7.46. The van der Waals surface area contributed by atoms with Crippen molar-refractivity contribution in [3.63, 3.8) is 0 Å². The van der Waals surface area contributed by atoms with E-state index in [1.54, 1.807) is 24.3 Å². The Morgan fingerprint density at radius 1 is 1.31 bits per heavy atom. The van der Waals surface area contributed by atoms with Gasteiger partial charge in [-0.25, -0.2) is 0 Å². The van der Waals surface area contributed by atoms with Crippen LogP contribution in [0.2, 0.25) is 0 Å². The monoisotopic (exact) mass is 415 g/mol. The van der Waals surface area contributed by atoms with Crippen LogP contribution in [0.25, 0.3) is 0 Å². The zero-order valence-electron chi connectivity index (χ0n) is 16.3. The molecular weight excluding hydrogens is 391 g/mol. The van der Waals surface area contributed by atoms with Crippen molar-refractivity contribution >= 4 is 23.4 Å². The molecule has 160 valence electrons. The first-order chi connectivity index (χ1) is 13.6. The second kappa shape index (κ2) is 9.62. The summed E-state index contributed by atoms with van der Waals surface area (Å²) < 4.78 is 42.9. The molecular formula is C19H24F3N3O4. The number of amides is 3. The molecule has 1 saturated heterocycles. The van der Waals surface area contributed by atoms with Crippen molar-refractivity contribution in [1.29, 1.82) is 0 Å². The van der Waals surface area contributed by atoms with E-state index in [-0.39, 0.29) is 26.1 Å². The van der Waals surface area contributed by atoms with Crippen molar-refractivity contribution in [3.8, 4) is 5.75 Å². The maximum Gasteiger partial charge on any atom is 0.406 e. The SMILES string of the molecule is CCCN(CC(=O)Nc1ccccc1OC)C(=O)C1CC(=O)N(CC(F)(F)F)C1. The number of nitrogens with zero attached hydrogens (tertiary/aromatic N) is 2. The molecule has 1 aliphatic rings. The van der Waals surface area contributed by atoms with Gasteiger partial charge < -0.3 is 19.9 Å². The van der Waals surface area contributed by atoms with Crippen LogP contribution >= 0.6 is 0 Å². The summed E-state index contributed by atoms with van der Waals surface area (Å²) in [5.41, 5.74) is 0.441. The number of methoxy groups -OCH3 is 1. The molecule has 1 aromatic carbocycles. The number of nitrogens with one attached hydrogen (secondary N) is 1. The Morgan fingerprint density at radius 3 is 2.62 bits per heavy atom. The Hall–Kier alpha value is -2.78. The molecule has 0 radical (unpaired) electrons. The quantitative estimate of drug-likeness (QED) is 0.707. The maximum absolute atomic E-state index is 12.8. The van der Waals surface area contributed by atoms with Gasteiger partial charge in [-0.3, -0.25) is 14.4 Å². The lowest BCUT2D eigenvalue weighted by molar-refractivity contribution is -0.157. The van der Waals surface area contributed by atoms with Crippen molar-refractivity contribution in [1.82, 2.24) is 9.80 Å². The molecule has 1 unspecified atom stereocenters. The molecule has 1 fully saturated rings. The third-order valence-corrected chi connectivity index (χ3v) is 4.45.